The lowest BCUT2D eigenvalue weighted by Gasteiger charge is -2.17. The van der Waals surface area contributed by atoms with Crippen LogP contribution in [-0.2, 0) is 16.0 Å². The first-order valence-corrected chi connectivity index (χ1v) is 10.7. The largest absolute Gasteiger partial charge is 0.497 e. The maximum absolute atomic E-state index is 12.5. The van der Waals surface area contributed by atoms with Gasteiger partial charge in [-0.25, -0.2) is 9.59 Å². The number of nitrogens with zero attached hydrogens (tertiary/aromatic N) is 2. The zero-order valence-corrected chi connectivity index (χ0v) is 18.5. The number of carboxylic acid groups (broad SMARTS) is 1. The molecule has 0 saturated heterocycles. The SMILES string of the molecule is O=C(N[C@H](Cc1cc([N+](=O)[O-])c(O)c([N+](=O)[O-])c1)C(=O)O)OCC1c2ccccc2-c2ccccc21. The number of hydrogen-bond acceptors (Lipinski definition) is 8. The summed E-state index contributed by atoms with van der Waals surface area (Å²) in [6.45, 7) is -0.0671. The molecule has 1 atom stereocenters. The molecule has 0 heterocycles. The number of nitro benzene ring substituents is 2. The van der Waals surface area contributed by atoms with Crippen molar-refractivity contribution in [3.63, 3.8) is 0 Å². The Morgan fingerprint density at radius 2 is 1.44 bits per heavy atom. The second-order valence-corrected chi connectivity index (χ2v) is 8.06. The monoisotopic (exact) mass is 493 g/mol. The molecule has 1 amide bonds. The molecular weight excluding hydrogens is 474 g/mol. The number of amides is 1. The van der Waals surface area contributed by atoms with Gasteiger partial charge in [-0.2, -0.15) is 0 Å². The van der Waals surface area contributed by atoms with Crippen LogP contribution in [0.1, 0.15) is 22.6 Å². The van der Waals surface area contributed by atoms with Crippen LogP contribution in [0, 0.1) is 20.2 Å². The van der Waals surface area contributed by atoms with E-state index in [1.807, 2.05) is 48.5 Å². The highest BCUT2D eigenvalue weighted by Crippen LogP contribution is 2.44. The van der Waals surface area contributed by atoms with Crippen LogP contribution in [0.25, 0.3) is 11.1 Å². The number of carboxylic acids is 1. The van der Waals surface area contributed by atoms with E-state index in [1.54, 1.807) is 0 Å². The van der Waals surface area contributed by atoms with Gasteiger partial charge in [-0.05, 0) is 27.8 Å². The van der Waals surface area contributed by atoms with Crippen molar-refractivity contribution >= 4 is 23.4 Å². The van der Waals surface area contributed by atoms with Crippen LogP contribution >= 0.6 is 0 Å². The predicted octanol–water partition coefficient (Wildman–Crippen LogP) is 3.74. The van der Waals surface area contributed by atoms with Crippen LogP contribution in [0.4, 0.5) is 16.2 Å². The highest BCUT2D eigenvalue weighted by molar-refractivity contribution is 5.81. The summed E-state index contributed by atoms with van der Waals surface area (Å²) < 4.78 is 5.33. The van der Waals surface area contributed by atoms with Crippen molar-refractivity contribution in [2.45, 2.75) is 18.4 Å². The molecule has 0 fully saturated rings. The molecule has 0 radical (unpaired) electrons. The number of benzene rings is 3. The fraction of sp³-hybridized carbons (Fsp3) is 0.167. The molecule has 184 valence electrons. The van der Waals surface area contributed by atoms with Gasteiger partial charge < -0.3 is 20.3 Å². The first kappa shape index (κ1) is 24.1. The molecule has 0 aromatic heterocycles. The zero-order valence-electron chi connectivity index (χ0n) is 18.5. The van der Waals surface area contributed by atoms with Crippen molar-refractivity contribution in [2.24, 2.45) is 0 Å². The summed E-state index contributed by atoms with van der Waals surface area (Å²) in [7, 11) is 0. The summed E-state index contributed by atoms with van der Waals surface area (Å²) >= 11 is 0. The maximum Gasteiger partial charge on any atom is 0.407 e. The number of carbonyl (C=O) groups excluding carboxylic acids is 1. The number of aliphatic carboxylic acids is 1. The molecule has 12 heteroatoms. The highest BCUT2D eigenvalue weighted by Gasteiger charge is 2.31. The summed E-state index contributed by atoms with van der Waals surface area (Å²) in [5.74, 6) is -2.89. The van der Waals surface area contributed by atoms with Crippen LogP contribution in [0.2, 0.25) is 0 Å². The molecule has 0 unspecified atom stereocenters. The van der Waals surface area contributed by atoms with Crippen LogP contribution in [0.15, 0.2) is 60.7 Å². The van der Waals surface area contributed by atoms with Crippen molar-refractivity contribution in [2.75, 3.05) is 6.61 Å². The molecule has 0 aliphatic heterocycles. The molecular formula is C24H19N3O9. The second-order valence-electron chi connectivity index (χ2n) is 8.06. The number of nitro groups is 2. The molecule has 3 aromatic rings. The van der Waals surface area contributed by atoms with Gasteiger partial charge in [0.25, 0.3) is 5.75 Å². The minimum atomic E-state index is -1.61. The van der Waals surface area contributed by atoms with Crippen molar-refractivity contribution in [3.05, 3.63) is 97.6 Å². The number of nitrogens with one attached hydrogen (secondary N) is 1. The van der Waals surface area contributed by atoms with Gasteiger partial charge in [-0.15, -0.1) is 0 Å². The average Bonchev–Trinajstić information content (AvgIpc) is 3.16. The third kappa shape index (κ3) is 4.64. The van der Waals surface area contributed by atoms with E-state index in [4.69, 9.17) is 4.74 Å². The van der Waals surface area contributed by atoms with Gasteiger partial charge >= 0.3 is 23.4 Å². The van der Waals surface area contributed by atoms with Gasteiger partial charge in [0.15, 0.2) is 0 Å². The first-order valence-electron chi connectivity index (χ1n) is 10.7. The van der Waals surface area contributed by atoms with E-state index in [2.05, 4.69) is 5.32 Å². The fourth-order valence-corrected chi connectivity index (χ4v) is 4.28. The van der Waals surface area contributed by atoms with Gasteiger partial charge in [0.2, 0.25) is 0 Å². The Bertz CT molecular complexity index is 1310. The Balaban J connectivity index is 1.49. The van der Waals surface area contributed by atoms with E-state index >= 15 is 0 Å². The number of ether oxygens (including phenoxy) is 1. The molecule has 12 nitrogen and oxygen atoms in total. The lowest BCUT2D eigenvalue weighted by Crippen LogP contribution is -2.42. The van der Waals surface area contributed by atoms with E-state index in [-0.39, 0.29) is 18.1 Å². The zero-order chi connectivity index (χ0) is 26.0. The Kier molecular flexibility index (Phi) is 6.50. The van der Waals surface area contributed by atoms with Crippen molar-refractivity contribution < 1.29 is 34.4 Å². The molecule has 3 N–H and O–H groups in total. The van der Waals surface area contributed by atoms with Crippen molar-refractivity contribution in [3.8, 4) is 16.9 Å². The third-order valence-electron chi connectivity index (χ3n) is 5.90. The van der Waals surface area contributed by atoms with Crippen molar-refractivity contribution in [1.29, 1.82) is 0 Å². The number of alkyl carbamates (subject to hydrolysis) is 1. The van der Waals surface area contributed by atoms with E-state index in [0.717, 1.165) is 34.4 Å². The summed E-state index contributed by atoms with van der Waals surface area (Å²) in [6, 6.07) is 15.3. The second kappa shape index (κ2) is 9.70. The normalized spacial score (nSPS) is 12.8. The molecule has 1 aliphatic carbocycles. The lowest BCUT2D eigenvalue weighted by molar-refractivity contribution is -0.396. The van der Waals surface area contributed by atoms with E-state index < -0.39 is 51.5 Å². The van der Waals surface area contributed by atoms with Crippen LogP contribution in [0.3, 0.4) is 0 Å². The van der Waals surface area contributed by atoms with Crippen LogP contribution in [-0.4, -0.2) is 44.8 Å². The molecule has 3 aromatic carbocycles. The summed E-state index contributed by atoms with van der Waals surface area (Å²) in [5.41, 5.74) is 1.91. The van der Waals surface area contributed by atoms with Gasteiger partial charge in [0, 0.05) is 24.5 Å². The number of aromatic hydroxyl groups is 1. The number of rotatable bonds is 8. The van der Waals surface area contributed by atoms with Gasteiger partial charge in [-0.3, -0.25) is 20.2 Å². The highest BCUT2D eigenvalue weighted by atomic mass is 16.6. The van der Waals surface area contributed by atoms with Crippen LogP contribution in [0.5, 0.6) is 5.75 Å². The van der Waals surface area contributed by atoms with Crippen LogP contribution < -0.4 is 5.32 Å². The minimum Gasteiger partial charge on any atom is -0.497 e. The molecule has 36 heavy (non-hydrogen) atoms. The molecule has 0 bridgehead atoms. The van der Waals surface area contributed by atoms with Gasteiger partial charge in [0.05, 0.1) is 9.85 Å². The maximum atomic E-state index is 12.5. The van der Waals surface area contributed by atoms with E-state index in [1.165, 1.54) is 0 Å². The summed E-state index contributed by atoms with van der Waals surface area (Å²) in [5, 5.41) is 43.8. The van der Waals surface area contributed by atoms with E-state index in [0.29, 0.717) is 0 Å². The molecule has 0 spiro atoms. The van der Waals surface area contributed by atoms with E-state index in [9.17, 15) is 40.0 Å². The number of hydrogen-bond donors (Lipinski definition) is 3. The van der Waals surface area contributed by atoms with Gasteiger partial charge in [0.1, 0.15) is 12.6 Å². The topological polar surface area (TPSA) is 182 Å². The fourth-order valence-electron chi connectivity index (χ4n) is 4.28. The molecule has 1 aliphatic rings. The molecule has 0 saturated carbocycles. The predicted molar refractivity (Wildman–Crippen MR) is 125 cm³/mol. The summed E-state index contributed by atoms with van der Waals surface area (Å²) in [6.07, 6.45) is -1.56. The first-order chi connectivity index (χ1) is 17.2. The smallest absolute Gasteiger partial charge is 0.407 e. The Morgan fingerprint density at radius 1 is 0.944 bits per heavy atom. The molecule has 4 rings (SSSR count). The standard InChI is InChI=1S/C24H19N3O9/c28-22-20(26(32)33)10-13(11-21(22)27(34)35)9-19(23(29)30)25-24(31)36-12-18-16-7-3-1-5-14(16)15-6-2-4-8-17(15)18/h1-8,10-11,18-19,28H,9,12H2,(H,25,31)(H,29,30)/t19-/m1/s1. The minimum absolute atomic E-state index is 0.0671. The third-order valence-corrected chi connectivity index (χ3v) is 5.90. The lowest BCUT2D eigenvalue weighted by atomic mass is 9.98. The average molecular weight is 493 g/mol. The van der Waals surface area contributed by atoms with Gasteiger partial charge in [-0.1, -0.05) is 48.5 Å². The Labute approximate surface area is 203 Å². The van der Waals surface area contributed by atoms with Crippen molar-refractivity contribution in [1.82, 2.24) is 5.32 Å². The summed E-state index contributed by atoms with van der Waals surface area (Å²) in [4.78, 5) is 44.5. The number of phenolic OH excluding ortho intramolecular Hbond substituents is 1. The number of fused-ring (bicyclic) bond motifs is 3. The quantitative estimate of drug-likeness (QED) is 0.311. The number of phenols is 1. The Morgan fingerprint density at radius 3 is 1.92 bits per heavy atom. The Hall–Kier alpha value is -5.00. The number of carbonyl (C=O) groups is 2.